The number of carbonyl (C=O) groups is 3. The number of amides is 3. The third-order valence-electron chi connectivity index (χ3n) is 7.50. The number of carbonyl (C=O) groups excluding carboxylic acids is 3. The zero-order valence-electron chi connectivity index (χ0n) is 19.5. The van der Waals surface area contributed by atoms with Crippen molar-refractivity contribution in [1.82, 2.24) is 20.9 Å². The quantitative estimate of drug-likeness (QED) is 0.589. The highest BCUT2D eigenvalue weighted by Gasteiger charge is 2.46. The summed E-state index contributed by atoms with van der Waals surface area (Å²) in [5, 5.41) is 8.45. The molecule has 3 amide bonds. The number of likely N-dealkylation sites (tertiary alicyclic amines) is 1. The van der Waals surface area contributed by atoms with Crippen molar-refractivity contribution in [3.8, 4) is 0 Å². The molecule has 190 valence electrons. The summed E-state index contributed by atoms with van der Waals surface area (Å²) < 4.78 is 38.5. The number of halogens is 3. The fraction of sp³-hybridized carbons (Fsp3) is 0.423. The lowest BCUT2D eigenvalue weighted by Crippen LogP contribution is -2.63. The zero-order chi connectivity index (χ0) is 25.5. The number of rotatable bonds is 5. The van der Waals surface area contributed by atoms with Gasteiger partial charge in [-0.15, -0.1) is 0 Å². The van der Waals surface area contributed by atoms with E-state index in [-0.39, 0.29) is 35.5 Å². The third-order valence-corrected chi connectivity index (χ3v) is 7.50. The molecule has 2 aliphatic heterocycles. The van der Waals surface area contributed by atoms with Gasteiger partial charge >= 0.3 is 6.18 Å². The molecule has 0 bridgehead atoms. The molecule has 2 heterocycles. The molecule has 0 radical (unpaired) electrons. The Balaban J connectivity index is 1.05. The number of nitrogens with one attached hydrogen (secondary N) is 3. The molecule has 1 aliphatic carbocycles. The van der Waals surface area contributed by atoms with Crippen LogP contribution in [-0.4, -0.2) is 54.3 Å². The number of benzene rings is 2. The van der Waals surface area contributed by atoms with Gasteiger partial charge in [-0.3, -0.25) is 19.3 Å². The van der Waals surface area contributed by atoms with Crippen molar-refractivity contribution in [2.45, 2.75) is 49.5 Å². The maximum absolute atomic E-state index is 12.8. The van der Waals surface area contributed by atoms with E-state index < -0.39 is 17.6 Å². The van der Waals surface area contributed by atoms with Gasteiger partial charge < -0.3 is 16.0 Å². The molecule has 7 nitrogen and oxygen atoms in total. The number of fused-ring (bicyclic) bond motifs is 2. The molecule has 0 aromatic heterocycles. The summed E-state index contributed by atoms with van der Waals surface area (Å²) in [6, 6.07) is 12.2. The van der Waals surface area contributed by atoms with E-state index in [1.165, 1.54) is 6.07 Å². The summed E-state index contributed by atoms with van der Waals surface area (Å²) >= 11 is 0. The maximum atomic E-state index is 12.8. The minimum Gasteiger partial charge on any atom is -0.349 e. The van der Waals surface area contributed by atoms with Crippen LogP contribution in [0.1, 0.15) is 57.5 Å². The molecule has 3 aliphatic rings. The van der Waals surface area contributed by atoms with Gasteiger partial charge in [0.05, 0.1) is 23.7 Å². The Morgan fingerprint density at radius 1 is 1.06 bits per heavy atom. The second kappa shape index (κ2) is 9.24. The van der Waals surface area contributed by atoms with E-state index in [0.717, 1.165) is 55.0 Å². The van der Waals surface area contributed by atoms with Gasteiger partial charge in [0, 0.05) is 30.3 Å². The predicted molar refractivity (Wildman–Crippen MR) is 125 cm³/mol. The number of hydrogen-bond donors (Lipinski definition) is 3. The van der Waals surface area contributed by atoms with Gasteiger partial charge in [0.15, 0.2) is 0 Å². The van der Waals surface area contributed by atoms with Crippen LogP contribution < -0.4 is 16.0 Å². The monoisotopic (exact) mass is 500 g/mol. The van der Waals surface area contributed by atoms with E-state index in [4.69, 9.17) is 0 Å². The Morgan fingerprint density at radius 3 is 2.50 bits per heavy atom. The average Bonchev–Trinajstić information content (AvgIpc) is 3.11. The number of hydrogen-bond acceptors (Lipinski definition) is 4. The first-order valence-corrected chi connectivity index (χ1v) is 12.1. The molecule has 0 atom stereocenters. The van der Waals surface area contributed by atoms with E-state index in [2.05, 4.69) is 20.9 Å². The molecule has 1 spiro atoms. The molecule has 3 N–H and O–H groups in total. The van der Waals surface area contributed by atoms with E-state index in [9.17, 15) is 27.6 Å². The summed E-state index contributed by atoms with van der Waals surface area (Å²) in [4.78, 5) is 39.1. The summed E-state index contributed by atoms with van der Waals surface area (Å²) in [5.74, 6) is -1.12. The highest BCUT2D eigenvalue weighted by molar-refractivity contribution is 6.00. The molecule has 1 saturated heterocycles. The fourth-order valence-corrected chi connectivity index (χ4v) is 5.59. The van der Waals surface area contributed by atoms with E-state index in [1.54, 1.807) is 0 Å². The molecular weight excluding hydrogens is 473 g/mol. The van der Waals surface area contributed by atoms with E-state index in [0.29, 0.717) is 19.1 Å². The largest absolute Gasteiger partial charge is 0.416 e. The van der Waals surface area contributed by atoms with Gasteiger partial charge in [-0.25, -0.2) is 0 Å². The van der Waals surface area contributed by atoms with Crippen LogP contribution in [0.15, 0.2) is 48.5 Å². The lowest BCUT2D eigenvalue weighted by molar-refractivity contribution is -0.137. The summed E-state index contributed by atoms with van der Waals surface area (Å²) in [5.41, 5.74) is 0.517. The first-order chi connectivity index (χ1) is 17.1. The van der Waals surface area contributed by atoms with Gasteiger partial charge in [0.2, 0.25) is 5.91 Å². The first kappa shape index (κ1) is 24.3. The van der Waals surface area contributed by atoms with Crippen LogP contribution in [0.5, 0.6) is 0 Å². The van der Waals surface area contributed by atoms with E-state index in [1.807, 2.05) is 24.3 Å². The minimum absolute atomic E-state index is 0.00377. The molecule has 36 heavy (non-hydrogen) atoms. The van der Waals surface area contributed by atoms with E-state index >= 15 is 0 Å². The van der Waals surface area contributed by atoms with Gasteiger partial charge in [0.25, 0.3) is 11.8 Å². The van der Waals surface area contributed by atoms with Crippen LogP contribution in [0.3, 0.4) is 0 Å². The molecule has 2 aromatic carbocycles. The second-order valence-electron chi connectivity index (χ2n) is 9.79. The van der Waals surface area contributed by atoms with Crippen molar-refractivity contribution in [2.24, 2.45) is 0 Å². The van der Waals surface area contributed by atoms with Crippen molar-refractivity contribution in [2.75, 3.05) is 19.6 Å². The Morgan fingerprint density at radius 2 is 1.78 bits per heavy atom. The summed E-state index contributed by atoms with van der Waals surface area (Å²) in [6.07, 6.45) is -0.909. The summed E-state index contributed by atoms with van der Waals surface area (Å²) in [6.45, 7) is 1.10. The minimum atomic E-state index is -4.54. The normalized spacial score (nSPS) is 24.1. The van der Waals surface area contributed by atoms with Crippen molar-refractivity contribution in [3.05, 3.63) is 70.8 Å². The van der Waals surface area contributed by atoms with Gasteiger partial charge in [0.1, 0.15) is 0 Å². The summed E-state index contributed by atoms with van der Waals surface area (Å²) in [7, 11) is 0. The van der Waals surface area contributed by atoms with Gasteiger partial charge in [-0.1, -0.05) is 24.3 Å². The number of nitrogens with zero attached hydrogens (tertiary/aromatic N) is 1. The molecular formula is C26H27F3N4O3. The third kappa shape index (κ3) is 4.69. The Hall–Kier alpha value is -3.40. The molecule has 10 heteroatoms. The Labute approximate surface area is 206 Å². The predicted octanol–water partition coefficient (Wildman–Crippen LogP) is 2.82. The van der Waals surface area contributed by atoms with Crippen LogP contribution >= 0.6 is 0 Å². The lowest BCUT2D eigenvalue weighted by Gasteiger charge is -2.48. The molecule has 0 unspecified atom stereocenters. The maximum Gasteiger partial charge on any atom is 0.416 e. The first-order valence-electron chi connectivity index (χ1n) is 12.1. The van der Waals surface area contributed by atoms with Crippen LogP contribution in [0.25, 0.3) is 0 Å². The van der Waals surface area contributed by atoms with Gasteiger partial charge in [-0.05, 0) is 55.5 Å². The molecule has 1 saturated carbocycles. The molecule has 2 fully saturated rings. The van der Waals surface area contributed by atoms with Crippen LogP contribution in [0.2, 0.25) is 0 Å². The smallest absolute Gasteiger partial charge is 0.349 e. The second-order valence-corrected chi connectivity index (χ2v) is 9.79. The van der Waals surface area contributed by atoms with Crippen molar-refractivity contribution >= 4 is 17.7 Å². The standard InChI is InChI=1S/C26H27F3N4O3/c27-26(28,29)17-5-3-4-16(12-17)23(35)30-13-22(34)31-18-14-33(15-18)19-8-10-25(11-9-19)21-7-2-1-6-20(21)24(36)32-25/h1-7,12,18-19H,8-11,13-15H2,(H,30,35)(H,31,34)(H,32,36). The highest BCUT2D eigenvalue weighted by atomic mass is 19.4. The number of alkyl halides is 3. The van der Waals surface area contributed by atoms with Crippen LogP contribution in [-0.2, 0) is 16.5 Å². The molecule has 5 rings (SSSR count). The van der Waals surface area contributed by atoms with Crippen molar-refractivity contribution in [3.63, 3.8) is 0 Å². The molecule has 2 aromatic rings. The van der Waals surface area contributed by atoms with Crippen LogP contribution in [0, 0.1) is 0 Å². The lowest BCUT2D eigenvalue weighted by atomic mass is 9.75. The SMILES string of the molecule is O=C(CNC(=O)c1cccc(C(F)(F)F)c1)NC1CN(C2CCC3(CC2)NC(=O)c2ccccc23)C1. The van der Waals surface area contributed by atoms with Crippen molar-refractivity contribution < 1.29 is 27.6 Å². The average molecular weight is 501 g/mol. The Kier molecular flexibility index (Phi) is 6.23. The van der Waals surface area contributed by atoms with Gasteiger partial charge in [-0.2, -0.15) is 13.2 Å². The highest BCUT2D eigenvalue weighted by Crippen LogP contribution is 2.44. The van der Waals surface area contributed by atoms with Crippen molar-refractivity contribution in [1.29, 1.82) is 0 Å². The Bertz CT molecular complexity index is 1180. The fourth-order valence-electron chi connectivity index (χ4n) is 5.59. The van der Waals surface area contributed by atoms with Crippen LogP contribution in [0.4, 0.5) is 13.2 Å². The topological polar surface area (TPSA) is 90.5 Å². The zero-order valence-corrected chi connectivity index (χ0v) is 19.5.